The van der Waals surface area contributed by atoms with Gasteiger partial charge in [-0.3, -0.25) is 0 Å². The molecule has 6 heteroatoms. The number of nitrogens with one attached hydrogen (secondary N) is 2. The maximum atomic E-state index is 12.5. The van der Waals surface area contributed by atoms with Crippen LogP contribution in [0, 0.1) is 0 Å². The van der Waals surface area contributed by atoms with Crippen molar-refractivity contribution in [3.8, 4) is 0 Å². The lowest BCUT2D eigenvalue weighted by Gasteiger charge is -2.25. The van der Waals surface area contributed by atoms with E-state index < -0.39 is 0 Å². The van der Waals surface area contributed by atoms with Crippen molar-refractivity contribution in [1.82, 2.24) is 20.2 Å². The quantitative estimate of drug-likeness (QED) is 0.884. The summed E-state index contributed by atoms with van der Waals surface area (Å²) < 4.78 is 1.92. The fourth-order valence-corrected chi connectivity index (χ4v) is 3.34. The minimum atomic E-state index is -0.314. The van der Waals surface area contributed by atoms with E-state index >= 15 is 0 Å². The lowest BCUT2D eigenvalue weighted by molar-refractivity contribution is 0.230. The van der Waals surface area contributed by atoms with Crippen molar-refractivity contribution < 1.29 is 4.79 Å². The lowest BCUT2D eigenvalue weighted by Crippen LogP contribution is -2.44. The number of rotatable bonds is 4. The van der Waals surface area contributed by atoms with Crippen LogP contribution in [-0.4, -0.2) is 21.6 Å². The van der Waals surface area contributed by atoms with Gasteiger partial charge in [0.05, 0.1) is 0 Å². The van der Waals surface area contributed by atoms with Crippen molar-refractivity contribution in [1.29, 1.82) is 0 Å². The van der Waals surface area contributed by atoms with Crippen molar-refractivity contribution >= 4 is 17.6 Å². The molecule has 1 aliphatic rings. The number of halogens is 1. The minimum absolute atomic E-state index is 0.148. The van der Waals surface area contributed by atoms with Gasteiger partial charge in [0.1, 0.15) is 11.9 Å². The highest BCUT2D eigenvalue weighted by atomic mass is 35.5. The first-order valence-corrected chi connectivity index (χ1v) is 8.81. The highest BCUT2D eigenvalue weighted by Crippen LogP contribution is 2.23. The average molecular weight is 347 g/mol. The number of imidazole rings is 1. The average Bonchev–Trinajstić information content (AvgIpc) is 3.00. The summed E-state index contributed by atoms with van der Waals surface area (Å²) in [6.45, 7) is 0. The van der Waals surface area contributed by atoms with Gasteiger partial charge in [-0.2, -0.15) is 0 Å². The van der Waals surface area contributed by atoms with Crippen LogP contribution in [0.4, 0.5) is 4.79 Å². The summed E-state index contributed by atoms with van der Waals surface area (Å²) in [5, 5.41) is 6.84. The Hall–Kier alpha value is -2.01. The van der Waals surface area contributed by atoms with E-state index in [1.165, 1.54) is 19.3 Å². The van der Waals surface area contributed by atoms with Crippen LogP contribution in [0.5, 0.6) is 0 Å². The van der Waals surface area contributed by atoms with Crippen molar-refractivity contribution in [2.24, 2.45) is 7.05 Å². The van der Waals surface area contributed by atoms with Crippen LogP contribution in [0.1, 0.15) is 49.5 Å². The molecule has 1 aliphatic carbocycles. The predicted molar refractivity (Wildman–Crippen MR) is 95.0 cm³/mol. The maximum absolute atomic E-state index is 12.5. The van der Waals surface area contributed by atoms with Crippen LogP contribution < -0.4 is 10.6 Å². The second-order valence-electron chi connectivity index (χ2n) is 6.33. The highest BCUT2D eigenvalue weighted by Gasteiger charge is 2.22. The molecule has 1 aromatic carbocycles. The molecular weight excluding hydrogens is 324 g/mol. The Labute approximate surface area is 147 Å². The fourth-order valence-electron chi connectivity index (χ4n) is 3.21. The van der Waals surface area contributed by atoms with E-state index in [0.29, 0.717) is 5.02 Å². The molecule has 3 rings (SSSR count). The SMILES string of the molecule is Cn1ccnc1C(NC(=O)NC1CCCCC1)c1ccc(Cl)cc1. The molecule has 0 spiro atoms. The second-order valence-corrected chi connectivity index (χ2v) is 6.77. The number of urea groups is 1. The van der Waals surface area contributed by atoms with Gasteiger partial charge < -0.3 is 15.2 Å². The number of hydrogen-bond acceptors (Lipinski definition) is 2. The highest BCUT2D eigenvalue weighted by molar-refractivity contribution is 6.30. The van der Waals surface area contributed by atoms with Gasteiger partial charge in [-0.1, -0.05) is 43.0 Å². The first-order valence-electron chi connectivity index (χ1n) is 8.43. The molecule has 2 amide bonds. The summed E-state index contributed by atoms with van der Waals surface area (Å²) in [6.07, 6.45) is 9.36. The van der Waals surface area contributed by atoms with Gasteiger partial charge in [0, 0.05) is 30.5 Å². The lowest BCUT2D eigenvalue weighted by atomic mass is 9.96. The summed E-state index contributed by atoms with van der Waals surface area (Å²) >= 11 is 5.99. The van der Waals surface area contributed by atoms with E-state index in [9.17, 15) is 4.79 Å². The molecule has 0 aliphatic heterocycles. The molecule has 0 bridgehead atoms. The van der Waals surface area contributed by atoms with Crippen LogP contribution >= 0.6 is 11.6 Å². The van der Waals surface area contributed by atoms with Gasteiger partial charge in [-0.25, -0.2) is 9.78 Å². The first kappa shape index (κ1) is 16.8. The normalized spacial score (nSPS) is 16.6. The molecule has 0 saturated heterocycles. The number of aromatic nitrogens is 2. The molecule has 1 fully saturated rings. The summed E-state index contributed by atoms with van der Waals surface area (Å²) in [5.74, 6) is 0.788. The maximum Gasteiger partial charge on any atom is 0.315 e. The van der Waals surface area contributed by atoms with Crippen molar-refractivity contribution in [2.75, 3.05) is 0 Å². The third kappa shape index (κ3) is 4.09. The molecule has 1 atom stereocenters. The molecule has 1 saturated carbocycles. The zero-order chi connectivity index (χ0) is 16.9. The monoisotopic (exact) mass is 346 g/mol. The predicted octanol–water partition coefficient (Wildman–Crippen LogP) is 3.79. The number of carbonyl (C=O) groups is 1. The first-order chi connectivity index (χ1) is 11.6. The Kier molecular flexibility index (Phi) is 5.41. The molecular formula is C18H23ClN4O. The van der Waals surface area contributed by atoms with Gasteiger partial charge in [-0.05, 0) is 30.5 Å². The van der Waals surface area contributed by atoms with Crippen LogP contribution in [0.15, 0.2) is 36.7 Å². The van der Waals surface area contributed by atoms with Gasteiger partial charge in [0.15, 0.2) is 0 Å². The topological polar surface area (TPSA) is 59.0 Å². The Bertz CT molecular complexity index is 677. The van der Waals surface area contributed by atoms with Gasteiger partial charge >= 0.3 is 6.03 Å². The van der Waals surface area contributed by atoms with Crippen molar-refractivity contribution in [2.45, 2.75) is 44.2 Å². The summed E-state index contributed by atoms with van der Waals surface area (Å²) in [4.78, 5) is 16.9. The number of benzene rings is 1. The second kappa shape index (κ2) is 7.71. The van der Waals surface area contributed by atoms with Gasteiger partial charge in [0.2, 0.25) is 0 Å². The summed E-state index contributed by atoms with van der Waals surface area (Å²) in [5.41, 5.74) is 0.951. The third-order valence-corrected chi connectivity index (χ3v) is 4.79. The Morgan fingerprint density at radius 3 is 2.58 bits per heavy atom. The zero-order valence-corrected chi connectivity index (χ0v) is 14.6. The van der Waals surface area contributed by atoms with Gasteiger partial charge in [-0.15, -0.1) is 0 Å². The molecule has 1 unspecified atom stereocenters. The smallest absolute Gasteiger partial charge is 0.315 e. The van der Waals surface area contributed by atoms with E-state index in [4.69, 9.17) is 11.6 Å². The number of hydrogen-bond donors (Lipinski definition) is 2. The molecule has 24 heavy (non-hydrogen) atoms. The standard InChI is InChI=1S/C18H23ClN4O/c1-23-12-11-20-17(23)16(13-7-9-14(19)10-8-13)22-18(24)21-15-5-3-2-4-6-15/h7-12,15-16H,2-6H2,1H3,(H2,21,22,24). The molecule has 128 valence electrons. The number of carbonyl (C=O) groups excluding carboxylic acids is 1. The Balaban J connectivity index is 1.76. The number of nitrogens with zero attached hydrogens (tertiary/aromatic N) is 2. The molecule has 1 heterocycles. The van der Waals surface area contributed by atoms with E-state index in [0.717, 1.165) is 24.2 Å². The van der Waals surface area contributed by atoms with E-state index in [2.05, 4.69) is 15.6 Å². The van der Waals surface area contributed by atoms with Crippen LogP contribution in [0.3, 0.4) is 0 Å². The molecule has 1 aromatic heterocycles. The Morgan fingerprint density at radius 2 is 1.96 bits per heavy atom. The Morgan fingerprint density at radius 1 is 1.25 bits per heavy atom. The molecule has 2 N–H and O–H groups in total. The third-order valence-electron chi connectivity index (χ3n) is 4.54. The van der Waals surface area contributed by atoms with Crippen LogP contribution in [0.25, 0.3) is 0 Å². The molecule has 0 radical (unpaired) electrons. The molecule has 5 nitrogen and oxygen atoms in total. The van der Waals surface area contributed by atoms with Crippen molar-refractivity contribution in [3.05, 3.63) is 53.1 Å². The van der Waals surface area contributed by atoms with E-state index in [1.54, 1.807) is 6.20 Å². The summed E-state index contributed by atoms with van der Waals surface area (Å²) in [7, 11) is 1.92. The van der Waals surface area contributed by atoms with Crippen LogP contribution in [-0.2, 0) is 7.05 Å². The van der Waals surface area contributed by atoms with E-state index in [1.807, 2.05) is 42.1 Å². The number of aryl methyl sites for hydroxylation is 1. The number of amides is 2. The summed E-state index contributed by atoms with van der Waals surface area (Å²) in [6, 6.07) is 7.30. The van der Waals surface area contributed by atoms with E-state index in [-0.39, 0.29) is 18.1 Å². The van der Waals surface area contributed by atoms with Crippen molar-refractivity contribution in [3.63, 3.8) is 0 Å². The fraction of sp³-hybridized carbons (Fsp3) is 0.444. The minimum Gasteiger partial charge on any atom is -0.336 e. The molecule has 2 aromatic rings. The van der Waals surface area contributed by atoms with Crippen LogP contribution in [0.2, 0.25) is 5.02 Å². The largest absolute Gasteiger partial charge is 0.336 e. The van der Waals surface area contributed by atoms with Gasteiger partial charge in [0.25, 0.3) is 0 Å². The zero-order valence-electron chi connectivity index (χ0n) is 13.8.